The molecule has 0 aliphatic carbocycles. The zero-order valence-electron chi connectivity index (χ0n) is 20.4. The molecular formula is C26H25F4N7O. The molecule has 1 amide bonds. The Morgan fingerprint density at radius 2 is 1.82 bits per heavy atom. The number of carbonyl (C=O) groups is 1. The Morgan fingerprint density at radius 1 is 1.11 bits per heavy atom. The van der Waals surface area contributed by atoms with E-state index in [2.05, 4.69) is 37.3 Å². The Bertz CT molecular complexity index is 1480. The van der Waals surface area contributed by atoms with Crippen molar-refractivity contribution in [2.75, 3.05) is 43.4 Å². The van der Waals surface area contributed by atoms with Crippen LogP contribution in [0.3, 0.4) is 0 Å². The number of halogens is 4. The highest BCUT2D eigenvalue weighted by atomic mass is 19.4. The summed E-state index contributed by atoms with van der Waals surface area (Å²) >= 11 is 0. The molecule has 1 aliphatic heterocycles. The van der Waals surface area contributed by atoms with Crippen LogP contribution in [-0.2, 0) is 12.7 Å². The number of hydrogen-bond acceptors (Lipinski definition) is 6. The first kappa shape index (κ1) is 25.6. The van der Waals surface area contributed by atoms with Crippen LogP contribution < -0.4 is 16.0 Å². The first-order valence-corrected chi connectivity index (χ1v) is 11.9. The first-order valence-electron chi connectivity index (χ1n) is 11.9. The van der Waals surface area contributed by atoms with Crippen molar-refractivity contribution in [2.24, 2.45) is 5.73 Å². The average Bonchev–Trinajstić information content (AvgIpc) is 3.30. The minimum absolute atomic E-state index is 0.00885. The number of alkyl halides is 3. The number of likely N-dealkylation sites (N-methyl/N-ethyl adjacent to an activating group) is 1. The van der Waals surface area contributed by atoms with Gasteiger partial charge < -0.3 is 20.9 Å². The van der Waals surface area contributed by atoms with Crippen LogP contribution >= 0.6 is 0 Å². The summed E-state index contributed by atoms with van der Waals surface area (Å²) in [5, 5.41) is 9.72. The molecule has 2 aromatic heterocycles. The third-order valence-electron chi connectivity index (χ3n) is 6.62. The van der Waals surface area contributed by atoms with Crippen LogP contribution in [0.5, 0.6) is 0 Å². The van der Waals surface area contributed by atoms with Crippen LogP contribution in [0.15, 0.2) is 48.7 Å². The number of carbonyl (C=O) groups excluding carboxylic acids is 1. The van der Waals surface area contributed by atoms with Gasteiger partial charge in [-0.15, -0.1) is 0 Å². The van der Waals surface area contributed by atoms with Gasteiger partial charge in [0.15, 0.2) is 5.82 Å². The molecule has 8 nitrogen and oxygen atoms in total. The molecule has 38 heavy (non-hydrogen) atoms. The zero-order valence-corrected chi connectivity index (χ0v) is 20.4. The summed E-state index contributed by atoms with van der Waals surface area (Å²) in [4.78, 5) is 21.4. The SMILES string of the molecule is CN1CCN(c2ccc(C(=O)Nc3n[nH]c4cnc(-c5c(F)cc(CN)cc5C(F)(F)F)cc34)cc2)CC1. The summed E-state index contributed by atoms with van der Waals surface area (Å²) in [6.45, 7) is 3.45. The normalized spacial score (nSPS) is 14.7. The van der Waals surface area contributed by atoms with Crippen LogP contribution in [0.1, 0.15) is 21.5 Å². The maximum absolute atomic E-state index is 14.9. The second kappa shape index (κ2) is 10.0. The van der Waals surface area contributed by atoms with Gasteiger partial charge in [-0.25, -0.2) is 4.39 Å². The topological polar surface area (TPSA) is 103 Å². The lowest BCUT2D eigenvalue weighted by molar-refractivity contribution is -0.137. The van der Waals surface area contributed by atoms with Gasteiger partial charge >= 0.3 is 6.18 Å². The fraction of sp³-hybridized carbons (Fsp3) is 0.269. The van der Waals surface area contributed by atoms with E-state index in [9.17, 15) is 22.4 Å². The summed E-state index contributed by atoms with van der Waals surface area (Å²) in [5.41, 5.74) is 5.08. The van der Waals surface area contributed by atoms with E-state index < -0.39 is 29.0 Å². The summed E-state index contributed by atoms with van der Waals surface area (Å²) in [7, 11) is 2.08. The van der Waals surface area contributed by atoms with E-state index in [4.69, 9.17) is 5.73 Å². The lowest BCUT2D eigenvalue weighted by Crippen LogP contribution is -2.44. The second-order valence-corrected chi connectivity index (χ2v) is 9.18. The van der Waals surface area contributed by atoms with Crippen LogP contribution in [0.2, 0.25) is 0 Å². The molecule has 1 fully saturated rings. The number of nitrogens with two attached hydrogens (primary N) is 1. The van der Waals surface area contributed by atoms with Crippen molar-refractivity contribution in [3.63, 3.8) is 0 Å². The van der Waals surface area contributed by atoms with Crippen molar-refractivity contribution < 1.29 is 22.4 Å². The molecule has 3 heterocycles. The minimum Gasteiger partial charge on any atom is -0.369 e. The largest absolute Gasteiger partial charge is 0.417 e. The monoisotopic (exact) mass is 527 g/mol. The molecule has 4 aromatic rings. The van der Waals surface area contributed by atoms with Crippen molar-refractivity contribution in [3.05, 3.63) is 71.2 Å². The number of aromatic amines is 1. The van der Waals surface area contributed by atoms with E-state index in [1.54, 1.807) is 12.1 Å². The summed E-state index contributed by atoms with van der Waals surface area (Å²) in [5.74, 6) is -1.46. The van der Waals surface area contributed by atoms with Crippen molar-refractivity contribution in [1.29, 1.82) is 0 Å². The first-order chi connectivity index (χ1) is 18.1. The predicted molar refractivity (Wildman–Crippen MR) is 136 cm³/mol. The maximum atomic E-state index is 14.9. The Hall–Kier alpha value is -4.03. The average molecular weight is 528 g/mol. The number of rotatable bonds is 5. The Labute approximate surface area is 215 Å². The van der Waals surface area contributed by atoms with Gasteiger partial charge in [-0.1, -0.05) is 0 Å². The van der Waals surface area contributed by atoms with Gasteiger partial charge in [0.2, 0.25) is 0 Å². The van der Waals surface area contributed by atoms with Crippen LogP contribution in [0.25, 0.3) is 22.2 Å². The fourth-order valence-electron chi connectivity index (χ4n) is 4.48. The molecule has 0 bridgehead atoms. The van der Waals surface area contributed by atoms with E-state index >= 15 is 0 Å². The molecule has 1 saturated heterocycles. The molecule has 1 aliphatic rings. The van der Waals surface area contributed by atoms with Gasteiger partial charge in [0.1, 0.15) is 5.82 Å². The summed E-state index contributed by atoms with van der Waals surface area (Å²) < 4.78 is 56.2. The highest BCUT2D eigenvalue weighted by Crippen LogP contribution is 2.39. The number of benzene rings is 2. The Morgan fingerprint density at radius 3 is 2.47 bits per heavy atom. The van der Waals surface area contributed by atoms with Crippen molar-refractivity contribution in [1.82, 2.24) is 20.1 Å². The van der Waals surface area contributed by atoms with Gasteiger partial charge in [-0.05, 0) is 55.1 Å². The quantitative estimate of drug-likeness (QED) is 0.336. The van der Waals surface area contributed by atoms with Gasteiger partial charge in [0, 0.05) is 54.9 Å². The van der Waals surface area contributed by atoms with Crippen molar-refractivity contribution in [3.8, 4) is 11.3 Å². The minimum atomic E-state index is -4.83. The molecule has 5 rings (SSSR count). The number of aromatic nitrogens is 3. The number of fused-ring (bicyclic) bond motifs is 1. The second-order valence-electron chi connectivity index (χ2n) is 9.18. The van der Waals surface area contributed by atoms with Crippen molar-refractivity contribution >= 4 is 28.3 Å². The summed E-state index contributed by atoms with van der Waals surface area (Å²) in [6.07, 6.45) is -3.59. The van der Waals surface area contributed by atoms with Crippen molar-refractivity contribution in [2.45, 2.75) is 12.7 Å². The van der Waals surface area contributed by atoms with E-state index in [-0.39, 0.29) is 29.0 Å². The third-order valence-corrected chi connectivity index (χ3v) is 6.62. The molecular weight excluding hydrogens is 502 g/mol. The standard InChI is InChI=1S/C26H25F4N7O/c1-36-6-8-37(9-7-36)17-4-2-16(3-5-17)25(38)33-24-18-12-21(32-14-22(18)34-35-24)23-19(26(28,29)30)10-15(13-31)11-20(23)27/h2-5,10-12,14H,6-9,13,31H2,1H3,(H2,33,34,35,38). The molecule has 0 unspecified atom stereocenters. The highest BCUT2D eigenvalue weighted by molar-refractivity contribution is 6.08. The molecule has 0 spiro atoms. The lowest BCUT2D eigenvalue weighted by atomic mass is 9.99. The van der Waals surface area contributed by atoms with Gasteiger partial charge in [0.25, 0.3) is 5.91 Å². The fourth-order valence-corrected chi connectivity index (χ4v) is 4.48. The number of pyridine rings is 1. The lowest BCUT2D eigenvalue weighted by Gasteiger charge is -2.34. The molecule has 12 heteroatoms. The number of piperazine rings is 1. The Balaban J connectivity index is 1.42. The van der Waals surface area contributed by atoms with Crippen LogP contribution in [-0.4, -0.2) is 59.2 Å². The van der Waals surface area contributed by atoms with Gasteiger partial charge in [-0.2, -0.15) is 18.3 Å². The maximum Gasteiger partial charge on any atom is 0.417 e. The smallest absolute Gasteiger partial charge is 0.369 e. The van der Waals surface area contributed by atoms with Crippen LogP contribution in [0, 0.1) is 5.82 Å². The number of amides is 1. The number of hydrogen-bond donors (Lipinski definition) is 3. The summed E-state index contributed by atoms with van der Waals surface area (Å²) in [6, 6.07) is 10.2. The third kappa shape index (κ3) is 5.04. The van der Waals surface area contributed by atoms with Gasteiger partial charge in [0.05, 0.1) is 23.0 Å². The van der Waals surface area contributed by atoms with E-state index in [1.165, 1.54) is 12.3 Å². The van der Waals surface area contributed by atoms with E-state index in [0.29, 0.717) is 11.1 Å². The molecule has 4 N–H and O–H groups in total. The van der Waals surface area contributed by atoms with E-state index in [1.807, 2.05) is 12.1 Å². The number of nitrogens with zero attached hydrogens (tertiary/aromatic N) is 4. The zero-order chi connectivity index (χ0) is 27.0. The molecule has 0 radical (unpaired) electrons. The number of H-pyrrole nitrogens is 1. The highest BCUT2D eigenvalue weighted by Gasteiger charge is 2.36. The number of anilines is 2. The van der Waals surface area contributed by atoms with Crippen LogP contribution in [0.4, 0.5) is 29.1 Å². The Kier molecular flexibility index (Phi) is 6.76. The number of nitrogens with one attached hydrogen (secondary N) is 2. The molecule has 198 valence electrons. The predicted octanol–water partition coefficient (Wildman–Crippen LogP) is 4.25. The molecule has 0 saturated carbocycles. The van der Waals surface area contributed by atoms with E-state index in [0.717, 1.165) is 44.0 Å². The van der Waals surface area contributed by atoms with Gasteiger partial charge in [-0.3, -0.25) is 14.9 Å². The molecule has 0 atom stereocenters. The molecule has 2 aromatic carbocycles.